The van der Waals surface area contributed by atoms with Crippen molar-refractivity contribution >= 4 is 69.0 Å². The van der Waals surface area contributed by atoms with Gasteiger partial charge in [0.25, 0.3) is 0 Å². The van der Waals surface area contributed by atoms with Gasteiger partial charge in [0.1, 0.15) is 16.1 Å². The van der Waals surface area contributed by atoms with Crippen LogP contribution in [0.5, 0.6) is 0 Å². The van der Waals surface area contributed by atoms with Gasteiger partial charge >= 0.3 is 0 Å². The third-order valence-electron chi connectivity index (χ3n) is 2.21. The minimum atomic E-state index is 0.328. The van der Waals surface area contributed by atoms with E-state index in [-0.39, 0.29) is 0 Å². The van der Waals surface area contributed by atoms with Gasteiger partial charge in [0.05, 0.1) is 3.57 Å². The molecule has 1 aromatic heterocycles. The van der Waals surface area contributed by atoms with E-state index in [0.717, 1.165) is 5.56 Å². The zero-order valence-electron chi connectivity index (χ0n) is 8.72. The molecule has 0 spiro atoms. The molecule has 0 N–H and O–H groups in total. The van der Waals surface area contributed by atoms with E-state index >= 15 is 0 Å². The van der Waals surface area contributed by atoms with Gasteiger partial charge in [-0.1, -0.05) is 52.5 Å². The molecule has 94 valence electrons. The van der Waals surface area contributed by atoms with Crippen molar-refractivity contribution in [3.63, 3.8) is 0 Å². The van der Waals surface area contributed by atoms with Crippen molar-refractivity contribution < 1.29 is 0 Å². The topological polar surface area (TPSA) is 25.8 Å². The van der Waals surface area contributed by atoms with Gasteiger partial charge < -0.3 is 0 Å². The Balaban J connectivity index is 2.41. The number of halogens is 5. The van der Waals surface area contributed by atoms with E-state index in [9.17, 15) is 0 Å². The highest BCUT2D eigenvalue weighted by Gasteiger charge is 2.12. The fourth-order valence-corrected chi connectivity index (χ4v) is 2.57. The van der Waals surface area contributed by atoms with Crippen LogP contribution in [0.15, 0.2) is 18.2 Å². The Morgan fingerprint density at radius 1 is 0.944 bits per heavy atom. The smallest absolute Gasteiger partial charge is 0.147 e. The summed E-state index contributed by atoms with van der Waals surface area (Å²) in [5.41, 5.74) is 0.758. The van der Waals surface area contributed by atoms with Crippen molar-refractivity contribution in [3.8, 4) is 0 Å². The van der Waals surface area contributed by atoms with Gasteiger partial charge in [0, 0.05) is 16.5 Å². The van der Waals surface area contributed by atoms with E-state index in [0.29, 0.717) is 36.2 Å². The molecule has 0 bridgehead atoms. The van der Waals surface area contributed by atoms with Crippen molar-refractivity contribution in [3.05, 3.63) is 53.5 Å². The monoisotopic (exact) mass is 432 g/mol. The molecule has 0 aliphatic heterocycles. The third-order valence-corrected chi connectivity index (χ3v) is 5.13. The molecule has 18 heavy (non-hydrogen) atoms. The number of hydrogen-bond donors (Lipinski definition) is 0. The normalized spacial score (nSPS) is 10.7. The number of rotatable bonds is 2. The maximum Gasteiger partial charge on any atom is 0.147 e. The fourth-order valence-electron chi connectivity index (χ4n) is 1.37. The predicted octanol–water partition coefficient (Wildman–Crippen LogP) is 5.29. The van der Waals surface area contributed by atoms with Crippen molar-refractivity contribution in [1.29, 1.82) is 0 Å². The number of hydrogen-bond acceptors (Lipinski definition) is 2. The van der Waals surface area contributed by atoms with Crippen LogP contribution in [0.4, 0.5) is 0 Å². The standard InChI is InChI=1S/C11H5Cl4IN2/c12-6-2-1-3-7(13)5(6)4-8-17-10(14)9(16)11(15)18-8/h1-3H,4H2. The van der Waals surface area contributed by atoms with Gasteiger partial charge in [0.15, 0.2) is 0 Å². The number of benzene rings is 1. The van der Waals surface area contributed by atoms with Gasteiger partial charge in [-0.15, -0.1) is 0 Å². The Morgan fingerprint density at radius 3 is 1.94 bits per heavy atom. The first-order chi connectivity index (χ1) is 8.49. The molecule has 0 aliphatic carbocycles. The molecule has 2 nitrogen and oxygen atoms in total. The van der Waals surface area contributed by atoms with E-state index in [1.807, 2.05) is 22.6 Å². The second kappa shape index (κ2) is 6.09. The summed E-state index contributed by atoms with van der Waals surface area (Å²) in [6.07, 6.45) is 0.384. The van der Waals surface area contributed by atoms with Crippen molar-refractivity contribution in [2.75, 3.05) is 0 Å². The summed E-state index contributed by atoms with van der Waals surface area (Å²) in [7, 11) is 0. The highest BCUT2D eigenvalue weighted by Crippen LogP contribution is 2.28. The fraction of sp³-hybridized carbons (Fsp3) is 0.0909. The maximum atomic E-state index is 6.08. The van der Waals surface area contributed by atoms with Gasteiger partial charge in [0.2, 0.25) is 0 Å². The molecule has 2 aromatic rings. The highest BCUT2D eigenvalue weighted by atomic mass is 127. The van der Waals surface area contributed by atoms with Crippen LogP contribution in [0.25, 0.3) is 0 Å². The van der Waals surface area contributed by atoms with Crippen LogP contribution in [0.3, 0.4) is 0 Å². The Kier molecular flexibility index (Phi) is 4.94. The predicted molar refractivity (Wildman–Crippen MR) is 84.0 cm³/mol. The lowest BCUT2D eigenvalue weighted by Crippen LogP contribution is -2.00. The average molecular weight is 434 g/mol. The largest absolute Gasteiger partial charge is 0.220 e. The first-order valence-electron chi connectivity index (χ1n) is 4.79. The molecule has 0 atom stereocenters. The summed E-state index contributed by atoms with van der Waals surface area (Å²) in [4.78, 5) is 8.31. The van der Waals surface area contributed by atoms with Crippen LogP contribution in [0.2, 0.25) is 20.4 Å². The first-order valence-corrected chi connectivity index (χ1v) is 7.38. The maximum absolute atomic E-state index is 6.08. The molecule has 0 saturated carbocycles. The van der Waals surface area contributed by atoms with E-state index in [1.165, 1.54) is 0 Å². The first kappa shape index (κ1) is 14.6. The second-order valence-corrected chi connectivity index (χ2v) is 6.02. The summed E-state index contributed by atoms with van der Waals surface area (Å²) >= 11 is 26.1. The summed E-state index contributed by atoms with van der Waals surface area (Å²) in [5.74, 6) is 0.486. The Morgan fingerprint density at radius 2 is 1.44 bits per heavy atom. The van der Waals surface area contributed by atoms with Crippen LogP contribution in [-0.4, -0.2) is 9.97 Å². The minimum Gasteiger partial charge on any atom is -0.220 e. The third kappa shape index (κ3) is 3.20. The lowest BCUT2D eigenvalue weighted by molar-refractivity contribution is 0.962. The SMILES string of the molecule is Clc1cccc(Cl)c1Cc1nc(Cl)c(I)c(Cl)n1. The molecule has 1 heterocycles. The van der Waals surface area contributed by atoms with E-state index in [4.69, 9.17) is 46.4 Å². The van der Waals surface area contributed by atoms with Gasteiger partial charge in [-0.05, 0) is 40.3 Å². The summed E-state index contributed by atoms with van der Waals surface area (Å²) < 4.78 is 0.630. The molecule has 0 saturated heterocycles. The van der Waals surface area contributed by atoms with Gasteiger partial charge in [-0.2, -0.15) is 0 Å². The molecule has 0 aliphatic rings. The number of aromatic nitrogens is 2. The molecule has 0 fully saturated rings. The average Bonchev–Trinajstić information content (AvgIpc) is 2.31. The second-order valence-electron chi connectivity index (χ2n) is 3.41. The molecular weight excluding hydrogens is 429 g/mol. The van der Waals surface area contributed by atoms with E-state index in [2.05, 4.69) is 9.97 Å². The Labute approximate surface area is 138 Å². The Hall–Kier alpha value is 0.190. The molecule has 1 aromatic carbocycles. The van der Waals surface area contributed by atoms with Crippen LogP contribution in [0.1, 0.15) is 11.4 Å². The van der Waals surface area contributed by atoms with Gasteiger partial charge in [-0.3, -0.25) is 0 Å². The van der Waals surface area contributed by atoms with Crippen LogP contribution in [0, 0.1) is 3.57 Å². The lowest BCUT2D eigenvalue weighted by Gasteiger charge is -2.07. The molecule has 0 radical (unpaired) electrons. The van der Waals surface area contributed by atoms with Crippen molar-refractivity contribution in [1.82, 2.24) is 9.97 Å². The highest BCUT2D eigenvalue weighted by molar-refractivity contribution is 14.1. The summed E-state index contributed by atoms with van der Waals surface area (Å²) in [6, 6.07) is 5.31. The zero-order valence-corrected chi connectivity index (χ0v) is 13.9. The zero-order chi connectivity index (χ0) is 13.3. The van der Waals surface area contributed by atoms with Gasteiger partial charge in [-0.25, -0.2) is 9.97 Å². The van der Waals surface area contributed by atoms with E-state index < -0.39 is 0 Å². The van der Waals surface area contributed by atoms with Crippen molar-refractivity contribution in [2.24, 2.45) is 0 Å². The number of nitrogens with zero attached hydrogens (tertiary/aromatic N) is 2. The summed E-state index contributed by atoms with van der Waals surface area (Å²) in [5, 5.41) is 1.79. The molecule has 0 amide bonds. The van der Waals surface area contributed by atoms with Crippen molar-refractivity contribution in [2.45, 2.75) is 6.42 Å². The lowest BCUT2D eigenvalue weighted by atomic mass is 10.1. The quantitative estimate of drug-likeness (QED) is 0.475. The van der Waals surface area contributed by atoms with Crippen LogP contribution < -0.4 is 0 Å². The molecule has 7 heteroatoms. The van der Waals surface area contributed by atoms with Crippen LogP contribution >= 0.6 is 69.0 Å². The molecule has 0 unspecified atom stereocenters. The Bertz CT molecular complexity index is 560. The summed E-state index contributed by atoms with van der Waals surface area (Å²) in [6.45, 7) is 0. The molecule has 2 rings (SSSR count). The van der Waals surface area contributed by atoms with E-state index in [1.54, 1.807) is 18.2 Å². The minimum absolute atomic E-state index is 0.328. The molecular formula is C11H5Cl4IN2. The van der Waals surface area contributed by atoms with Crippen LogP contribution in [-0.2, 0) is 6.42 Å².